The highest BCUT2D eigenvalue weighted by molar-refractivity contribution is 5.90. The van der Waals surface area contributed by atoms with Gasteiger partial charge in [0, 0.05) is 5.56 Å². The Balaban J connectivity index is 2.41. The number of halogens is 1. The predicted molar refractivity (Wildman–Crippen MR) is 91.8 cm³/mol. The SMILES string of the molecule is C#CCOc1ccc(/C=C(/C#N)c2ccccc2F)cc1OCC. The second-order valence-electron chi connectivity index (χ2n) is 4.78. The van der Waals surface area contributed by atoms with Crippen LogP contribution < -0.4 is 9.47 Å². The van der Waals surface area contributed by atoms with E-state index in [1.165, 1.54) is 6.07 Å². The number of nitrogens with zero attached hydrogens (tertiary/aromatic N) is 1. The van der Waals surface area contributed by atoms with Gasteiger partial charge in [-0.25, -0.2) is 4.39 Å². The zero-order valence-electron chi connectivity index (χ0n) is 13.3. The molecule has 0 saturated heterocycles. The third-order valence-electron chi connectivity index (χ3n) is 3.17. The highest BCUT2D eigenvalue weighted by Crippen LogP contribution is 2.30. The van der Waals surface area contributed by atoms with Crippen LogP contribution in [0.4, 0.5) is 4.39 Å². The van der Waals surface area contributed by atoms with Crippen LogP contribution in [0.2, 0.25) is 0 Å². The van der Waals surface area contributed by atoms with Crippen LogP contribution in [0, 0.1) is 29.5 Å². The molecule has 0 aliphatic rings. The molecule has 0 radical (unpaired) electrons. The van der Waals surface area contributed by atoms with Gasteiger partial charge in [-0.3, -0.25) is 0 Å². The smallest absolute Gasteiger partial charge is 0.162 e. The van der Waals surface area contributed by atoms with Gasteiger partial charge in [0.15, 0.2) is 11.5 Å². The number of benzene rings is 2. The number of rotatable bonds is 6. The summed E-state index contributed by atoms with van der Waals surface area (Å²) in [5.74, 6) is 3.00. The van der Waals surface area contributed by atoms with Crippen molar-refractivity contribution in [3.8, 4) is 29.9 Å². The largest absolute Gasteiger partial charge is 0.490 e. The number of allylic oxidation sites excluding steroid dienone is 1. The molecular formula is C20H16FNO2. The molecule has 4 heteroatoms. The molecule has 0 spiro atoms. The van der Waals surface area contributed by atoms with Crippen molar-refractivity contribution in [2.75, 3.05) is 13.2 Å². The van der Waals surface area contributed by atoms with E-state index in [4.69, 9.17) is 15.9 Å². The Hall–Kier alpha value is -3.24. The average molecular weight is 321 g/mol. The first-order chi connectivity index (χ1) is 11.7. The molecule has 2 rings (SSSR count). The molecule has 0 amide bonds. The molecular weight excluding hydrogens is 305 g/mol. The van der Waals surface area contributed by atoms with E-state index in [1.807, 2.05) is 13.0 Å². The van der Waals surface area contributed by atoms with Crippen molar-refractivity contribution in [2.24, 2.45) is 0 Å². The fourth-order valence-corrected chi connectivity index (χ4v) is 2.14. The Bertz CT molecular complexity index is 828. The summed E-state index contributed by atoms with van der Waals surface area (Å²) in [6, 6.07) is 13.4. The van der Waals surface area contributed by atoms with Crippen LogP contribution in [0.25, 0.3) is 11.6 Å². The highest BCUT2D eigenvalue weighted by Gasteiger charge is 2.09. The summed E-state index contributed by atoms with van der Waals surface area (Å²) in [4.78, 5) is 0. The molecule has 0 N–H and O–H groups in total. The van der Waals surface area contributed by atoms with Gasteiger partial charge in [0.2, 0.25) is 0 Å². The Morgan fingerprint density at radius 3 is 2.67 bits per heavy atom. The Kier molecular flexibility index (Phi) is 6.00. The molecule has 120 valence electrons. The maximum atomic E-state index is 13.9. The summed E-state index contributed by atoms with van der Waals surface area (Å²) in [5.41, 5.74) is 1.18. The van der Waals surface area contributed by atoms with Crippen LogP contribution in [-0.4, -0.2) is 13.2 Å². The molecule has 0 fully saturated rings. The summed E-state index contributed by atoms with van der Waals surface area (Å²) in [6.45, 7) is 2.44. The molecule has 0 aromatic heterocycles. The van der Waals surface area contributed by atoms with Crippen LogP contribution in [-0.2, 0) is 0 Å². The Morgan fingerprint density at radius 2 is 2.00 bits per heavy atom. The van der Waals surface area contributed by atoms with Crippen molar-refractivity contribution in [2.45, 2.75) is 6.92 Å². The quantitative estimate of drug-likeness (QED) is 0.452. The lowest BCUT2D eigenvalue weighted by Gasteiger charge is -2.11. The van der Waals surface area contributed by atoms with Crippen LogP contribution in [0.15, 0.2) is 42.5 Å². The van der Waals surface area contributed by atoms with Crippen LogP contribution in [0.1, 0.15) is 18.1 Å². The molecule has 2 aromatic rings. The van der Waals surface area contributed by atoms with Crippen molar-refractivity contribution in [3.63, 3.8) is 0 Å². The number of ether oxygens (including phenoxy) is 2. The molecule has 3 nitrogen and oxygen atoms in total. The molecule has 24 heavy (non-hydrogen) atoms. The lowest BCUT2D eigenvalue weighted by molar-refractivity contribution is 0.299. The van der Waals surface area contributed by atoms with Crippen molar-refractivity contribution in [1.82, 2.24) is 0 Å². The first-order valence-corrected chi connectivity index (χ1v) is 7.39. The van der Waals surface area contributed by atoms with Crippen molar-refractivity contribution >= 4 is 11.6 Å². The van der Waals surface area contributed by atoms with Gasteiger partial charge in [-0.05, 0) is 36.8 Å². The minimum atomic E-state index is -0.440. The molecule has 0 aliphatic carbocycles. The van der Waals surface area contributed by atoms with Crippen LogP contribution in [0.3, 0.4) is 0 Å². The second-order valence-corrected chi connectivity index (χ2v) is 4.78. The van der Waals surface area contributed by atoms with Gasteiger partial charge in [-0.2, -0.15) is 5.26 Å². The van der Waals surface area contributed by atoms with Crippen LogP contribution >= 0.6 is 0 Å². The molecule has 0 saturated carbocycles. The summed E-state index contributed by atoms with van der Waals surface area (Å²) < 4.78 is 24.8. The lowest BCUT2D eigenvalue weighted by atomic mass is 10.0. The number of hydrogen-bond donors (Lipinski definition) is 0. The minimum Gasteiger partial charge on any atom is -0.490 e. The Morgan fingerprint density at radius 1 is 1.21 bits per heavy atom. The van der Waals surface area contributed by atoms with Gasteiger partial charge in [-0.1, -0.05) is 30.2 Å². The van der Waals surface area contributed by atoms with Crippen molar-refractivity contribution in [3.05, 3.63) is 59.4 Å². The fraction of sp³-hybridized carbons (Fsp3) is 0.150. The standard InChI is InChI=1S/C20H16FNO2/c1-3-11-24-19-10-9-15(13-20(19)23-4-2)12-16(14-22)17-7-5-6-8-18(17)21/h1,5-10,12-13H,4,11H2,2H3/b16-12-. The van der Waals surface area contributed by atoms with Crippen LogP contribution in [0.5, 0.6) is 11.5 Å². The maximum Gasteiger partial charge on any atom is 0.162 e. The summed E-state index contributed by atoms with van der Waals surface area (Å²) in [5, 5.41) is 9.35. The molecule has 0 atom stereocenters. The normalized spacial score (nSPS) is 10.6. The first kappa shape index (κ1) is 17.1. The first-order valence-electron chi connectivity index (χ1n) is 7.39. The molecule has 0 aliphatic heterocycles. The molecule has 0 heterocycles. The van der Waals surface area contributed by atoms with E-state index in [0.717, 1.165) is 0 Å². The zero-order chi connectivity index (χ0) is 17.4. The molecule has 0 unspecified atom stereocenters. The number of hydrogen-bond acceptors (Lipinski definition) is 3. The lowest BCUT2D eigenvalue weighted by Crippen LogP contribution is -1.99. The van der Waals surface area contributed by atoms with E-state index in [-0.39, 0.29) is 17.7 Å². The van der Waals surface area contributed by atoms with E-state index in [9.17, 15) is 9.65 Å². The van der Waals surface area contributed by atoms with Crippen molar-refractivity contribution in [1.29, 1.82) is 5.26 Å². The molecule has 0 bridgehead atoms. The van der Waals surface area contributed by atoms with Gasteiger partial charge in [-0.15, -0.1) is 6.42 Å². The van der Waals surface area contributed by atoms with E-state index in [2.05, 4.69) is 5.92 Å². The topological polar surface area (TPSA) is 42.2 Å². The Labute approximate surface area is 141 Å². The highest BCUT2D eigenvalue weighted by atomic mass is 19.1. The summed E-state index contributed by atoms with van der Waals surface area (Å²) in [7, 11) is 0. The summed E-state index contributed by atoms with van der Waals surface area (Å²) in [6.07, 6.45) is 6.80. The van der Waals surface area contributed by atoms with Gasteiger partial charge in [0.1, 0.15) is 12.4 Å². The third kappa shape index (κ3) is 4.15. The minimum absolute atomic E-state index is 0.133. The maximum absolute atomic E-state index is 13.9. The number of terminal acetylenes is 1. The van der Waals surface area contributed by atoms with E-state index in [0.29, 0.717) is 23.7 Å². The van der Waals surface area contributed by atoms with Gasteiger partial charge < -0.3 is 9.47 Å². The third-order valence-corrected chi connectivity index (χ3v) is 3.17. The van der Waals surface area contributed by atoms with Gasteiger partial charge in [0.05, 0.1) is 18.2 Å². The van der Waals surface area contributed by atoms with E-state index < -0.39 is 5.82 Å². The van der Waals surface area contributed by atoms with Gasteiger partial charge in [0.25, 0.3) is 0 Å². The van der Waals surface area contributed by atoms with E-state index in [1.54, 1.807) is 42.5 Å². The number of nitriles is 1. The average Bonchev–Trinajstić information content (AvgIpc) is 2.60. The summed E-state index contributed by atoms with van der Waals surface area (Å²) >= 11 is 0. The zero-order valence-corrected chi connectivity index (χ0v) is 13.3. The monoisotopic (exact) mass is 321 g/mol. The van der Waals surface area contributed by atoms with E-state index >= 15 is 0 Å². The predicted octanol–water partition coefficient (Wildman–Crippen LogP) is 4.30. The molecule has 2 aromatic carbocycles. The second kappa shape index (κ2) is 8.41. The van der Waals surface area contributed by atoms with Crippen molar-refractivity contribution < 1.29 is 13.9 Å². The fourth-order valence-electron chi connectivity index (χ4n) is 2.14. The van der Waals surface area contributed by atoms with Gasteiger partial charge >= 0.3 is 0 Å².